The molecule has 0 radical (unpaired) electrons. The predicted octanol–water partition coefficient (Wildman–Crippen LogP) is -1.85. The molecular weight excluding hydrogens is 239 g/mol. The number of rotatable bonds is 1. The van der Waals surface area contributed by atoms with Crippen LogP contribution in [0.3, 0.4) is 0 Å². The molecule has 0 saturated carbocycles. The Kier molecular flexibility index (Phi) is 3.61. The van der Waals surface area contributed by atoms with Gasteiger partial charge in [-0.2, -0.15) is 0 Å². The number of aromatic nitrogens is 2. The number of aromatic carboxylic acids is 1. The topological polar surface area (TPSA) is 65.9 Å². The van der Waals surface area contributed by atoms with Gasteiger partial charge in [-0.25, -0.2) is 0 Å². The second-order valence-electron chi connectivity index (χ2n) is 3.68. The van der Waals surface area contributed by atoms with Gasteiger partial charge in [-0.1, -0.05) is 18.2 Å². The van der Waals surface area contributed by atoms with Gasteiger partial charge in [0.1, 0.15) is 0 Å². The number of carboxylic acids is 1. The van der Waals surface area contributed by atoms with Crippen molar-refractivity contribution in [2.75, 3.05) is 0 Å². The molecule has 4 nitrogen and oxygen atoms in total. The smallest absolute Gasteiger partial charge is 0.545 e. The molecule has 2 heterocycles. The van der Waals surface area contributed by atoms with Crippen LogP contribution in [-0.2, 0) is 0 Å². The van der Waals surface area contributed by atoms with Gasteiger partial charge >= 0.3 is 29.6 Å². The average molecular weight is 246 g/mol. The molecule has 0 aliphatic carbocycles. The Morgan fingerprint density at radius 1 is 1.00 bits per heavy atom. The van der Waals surface area contributed by atoms with Gasteiger partial charge in [0, 0.05) is 28.7 Å². The minimum Gasteiger partial charge on any atom is -0.545 e. The Labute approximate surface area is 125 Å². The zero-order chi connectivity index (χ0) is 11.8. The van der Waals surface area contributed by atoms with Crippen LogP contribution in [0, 0.1) is 0 Å². The maximum Gasteiger partial charge on any atom is 1.00 e. The van der Waals surface area contributed by atoms with Crippen LogP contribution in [0.25, 0.3) is 21.8 Å². The Bertz CT molecular complexity index is 743. The largest absolute Gasteiger partial charge is 1.00 e. The van der Waals surface area contributed by atoms with Crippen molar-refractivity contribution in [2.45, 2.75) is 0 Å². The summed E-state index contributed by atoms with van der Waals surface area (Å²) in [5.41, 5.74) is 1.43. The van der Waals surface area contributed by atoms with Gasteiger partial charge in [0.05, 0.1) is 17.0 Å². The second kappa shape index (κ2) is 5.02. The first kappa shape index (κ1) is 13.0. The first-order valence-electron chi connectivity index (χ1n) is 5.11. The van der Waals surface area contributed by atoms with Crippen LogP contribution in [-0.4, -0.2) is 15.9 Å². The van der Waals surface area contributed by atoms with Crippen molar-refractivity contribution in [3.05, 3.63) is 48.3 Å². The molecule has 0 amide bonds. The number of nitrogens with zero attached hydrogens (tertiary/aromatic N) is 2. The zero-order valence-electron chi connectivity index (χ0n) is 9.75. The van der Waals surface area contributed by atoms with Crippen molar-refractivity contribution < 1.29 is 39.5 Å². The fourth-order valence-corrected chi connectivity index (χ4v) is 1.93. The minimum absolute atomic E-state index is 0. The van der Waals surface area contributed by atoms with Gasteiger partial charge < -0.3 is 9.90 Å². The van der Waals surface area contributed by atoms with E-state index in [9.17, 15) is 9.90 Å². The van der Waals surface area contributed by atoms with Crippen molar-refractivity contribution in [1.82, 2.24) is 9.97 Å². The summed E-state index contributed by atoms with van der Waals surface area (Å²) in [5, 5.41) is 12.5. The van der Waals surface area contributed by atoms with E-state index < -0.39 is 5.97 Å². The second-order valence-corrected chi connectivity index (χ2v) is 3.68. The van der Waals surface area contributed by atoms with E-state index in [1.807, 2.05) is 18.2 Å². The number of carboxylic acid groups (broad SMARTS) is 1. The molecule has 2 aromatic heterocycles. The van der Waals surface area contributed by atoms with E-state index in [-0.39, 0.29) is 35.1 Å². The van der Waals surface area contributed by atoms with Gasteiger partial charge in [0.15, 0.2) is 0 Å². The SMILES string of the molecule is O=C([O-])c1ccnc2c1ccc1cccnc12.[Na+]. The molecule has 3 rings (SSSR count). The number of hydrogen-bond acceptors (Lipinski definition) is 4. The molecule has 1 aromatic carbocycles. The van der Waals surface area contributed by atoms with Gasteiger partial charge in [0.25, 0.3) is 0 Å². The molecular formula is C13H7N2NaO2. The molecule has 0 saturated heterocycles. The summed E-state index contributed by atoms with van der Waals surface area (Å²) < 4.78 is 0. The van der Waals surface area contributed by atoms with E-state index in [1.54, 1.807) is 12.3 Å². The normalized spacial score (nSPS) is 10.2. The monoisotopic (exact) mass is 246 g/mol. The number of fused-ring (bicyclic) bond motifs is 3. The third kappa shape index (κ3) is 1.99. The predicted molar refractivity (Wildman–Crippen MR) is 61.4 cm³/mol. The van der Waals surface area contributed by atoms with E-state index in [0.717, 1.165) is 5.39 Å². The van der Waals surface area contributed by atoms with Crippen LogP contribution >= 0.6 is 0 Å². The molecule has 3 aromatic rings. The van der Waals surface area contributed by atoms with Crippen molar-refractivity contribution in [3.8, 4) is 0 Å². The Balaban J connectivity index is 0.00000120. The first-order chi connectivity index (χ1) is 8.27. The van der Waals surface area contributed by atoms with E-state index in [1.165, 1.54) is 12.3 Å². The number of benzene rings is 1. The van der Waals surface area contributed by atoms with Crippen molar-refractivity contribution in [3.63, 3.8) is 0 Å². The van der Waals surface area contributed by atoms with E-state index >= 15 is 0 Å². The summed E-state index contributed by atoms with van der Waals surface area (Å²) in [5.74, 6) is -1.20. The van der Waals surface area contributed by atoms with Crippen molar-refractivity contribution >= 4 is 27.8 Å². The molecule has 0 fully saturated rings. The number of pyridine rings is 2. The quantitative estimate of drug-likeness (QED) is 0.373. The van der Waals surface area contributed by atoms with Gasteiger partial charge in [-0.05, 0) is 12.1 Å². The molecule has 18 heavy (non-hydrogen) atoms. The molecule has 0 bridgehead atoms. The van der Waals surface area contributed by atoms with Crippen LogP contribution in [0.4, 0.5) is 0 Å². The summed E-state index contributed by atoms with van der Waals surface area (Å²) >= 11 is 0. The summed E-state index contributed by atoms with van der Waals surface area (Å²) in [6.45, 7) is 0. The average Bonchev–Trinajstić information content (AvgIpc) is 2.37. The van der Waals surface area contributed by atoms with Crippen LogP contribution in [0.15, 0.2) is 42.7 Å². The zero-order valence-corrected chi connectivity index (χ0v) is 11.8. The molecule has 82 valence electrons. The standard InChI is InChI=1S/C13H8N2O2.Na/c16-13(17)10-5-7-15-12-9(10)4-3-8-2-1-6-14-11(8)12;/h1-7H,(H,16,17);/q;+1/p-1. The maximum absolute atomic E-state index is 11.0. The van der Waals surface area contributed by atoms with Crippen LogP contribution < -0.4 is 34.7 Å². The first-order valence-corrected chi connectivity index (χ1v) is 5.11. The van der Waals surface area contributed by atoms with Crippen LogP contribution in [0.1, 0.15) is 10.4 Å². The fraction of sp³-hybridized carbons (Fsp3) is 0. The van der Waals surface area contributed by atoms with Crippen molar-refractivity contribution in [1.29, 1.82) is 0 Å². The van der Waals surface area contributed by atoms with E-state index in [2.05, 4.69) is 9.97 Å². The summed E-state index contributed by atoms with van der Waals surface area (Å²) in [6.07, 6.45) is 3.12. The van der Waals surface area contributed by atoms with E-state index in [0.29, 0.717) is 16.4 Å². The fourth-order valence-electron chi connectivity index (χ4n) is 1.93. The Morgan fingerprint density at radius 2 is 1.78 bits per heavy atom. The van der Waals surface area contributed by atoms with Gasteiger partial charge in [-0.3, -0.25) is 9.97 Å². The van der Waals surface area contributed by atoms with Crippen LogP contribution in [0.2, 0.25) is 0 Å². The Hall–Kier alpha value is -1.49. The molecule has 0 atom stereocenters. The number of carbonyl (C=O) groups excluding carboxylic acids is 1. The van der Waals surface area contributed by atoms with Crippen molar-refractivity contribution in [2.24, 2.45) is 0 Å². The number of hydrogen-bond donors (Lipinski definition) is 0. The van der Waals surface area contributed by atoms with E-state index in [4.69, 9.17) is 0 Å². The number of carbonyl (C=O) groups is 1. The molecule has 0 aliphatic rings. The summed E-state index contributed by atoms with van der Waals surface area (Å²) in [6, 6.07) is 8.74. The Morgan fingerprint density at radius 3 is 2.56 bits per heavy atom. The van der Waals surface area contributed by atoms with Crippen LogP contribution in [0.5, 0.6) is 0 Å². The maximum atomic E-state index is 11.0. The summed E-state index contributed by atoms with van der Waals surface area (Å²) in [4.78, 5) is 19.4. The third-order valence-electron chi connectivity index (χ3n) is 2.70. The molecule has 0 spiro atoms. The molecule has 0 N–H and O–H groups in total. The van der Waals surface area contributed by atoms with Gasteiger partial charge in [0.2, 0.25) is 0 Å². The summed E-state index contributed by atoms with van der Waals surface area (Å²) in [7, 11) is 0. The van der Waals surface area contributed by atoms with Gasteiger partial charge in [-0.15, -0.1) is 0 Å². The molecule has 0 unspecified atom stereocenters. The third-order valence-corrected chi connectivity index (χ3v) is 2.70. The molecule has 0 aliphatic heterocycles. The molecule has 5 heteroatoms. The minimum atomic E-state index is -1.20.